The van der Waals surface area contributed by atoms with Crippen LogP contribution in [-0.4, -0.2) is 22.9 Å². The molecule has 0 aliphatic carbocycles. The topological polar surface area (TPSA) is 72.1 Å². The highest BCUT2D eigenvalue weighted by molar-refractivity contribution is 6.14. The second kappa shape index (κ2) is 8.06. The SMILES string of the molecule is Cn1c(-c2ccccc2)c(C(=O)COC(=O)c2ccc(C#N)cc2)c2ccccc21. The number of para-hydroxylation sites is 1. The number of esters is 1. The Balaban J connectivity index is 1.66. The Morgan fingerprint density at radius 1 is 0.933 bits per heavy atom. The fourth-order valence-corrected chi connectivity index (χ4v) is 3.58. The maximum Gasteiger partial charge on any atom is 0.338 e. The lowest BCUT2D eigenvalue weighted by Crippen LogP contribution is -2.15. The van der Waals surface area contributed by atoms with Crippen molar-refractivity contribution in [1.82, 2.24) is 4.57 Å². The summed E-state index contributed by atoms with van der Waals surface area (Å²) in [6, 6.07) is 25.4. The van der Waals surface area contributed by atoms with E-state index in [9.17, 15) is 9.59 Å². The van der Waals surface area contributed by atoms with Crippen molar-refractivity contribution in [2.24, 2.45) is 7.05 Å². The van der Waals surface area contributed by atoms with Gasteiger partial charge in [-0.3, -0.25) is 4.79 Å². The van der Waals surface area contributed by atoms with Crippen molar-refractivity contribution in [3.05, 3.63) is 95.6 Å². The third-order valence-electron chi connectivity index (χ3n) is 5.02. The molecule has 1 heterocycles. The Kier molecular flexibility index (Phi) is 5.15. The molecular weight excluding hydrogens is 376 g/mol. The number of rotatable bonds is 5. The number of nitrogens with zero attached hydrogens (tertiary/aromatic N) is 2. The van der Waals surface area contributed by atoms with E-state index in [0.717, 1.165) is 22.2 Å². The van der Waals surface area contributed by atoms with Gasteiger partial charge in [0.05, 0.1) is 28.5 Å². The number of aryl methyl sites for hydroxylation is 1. The van der Waals surface area contributed by atoms with Crippen LogP contribution in [-0.2, 0) is 11.8 Å². The summed E-state index contributed by atoms with van der Waals surface area (Å²) >= 11 is 0. The van der Waals surface area contributed by atoms with Gasteiger partial charge in [-0.1, -0.05) is 48.5 Å². The Morgan fingerprint density at radius 2 is 1.60 bits per heavy atom. The van der Waals surface area contributed by atoms with Gasteiger partial charge in [0.25, 0.3) is 0 Å². The number of carbonyl (C=O) groups is 2. The summed E-state index contributed by atoms with van der Waals surface area (Å²) in [6.07, 6.45) is 0. The summed E-state index contributed by atoms with van der Waals surface area (Å²) in [7, 11) is 1.92. The smallest absolute Gasteiger partial charge is 0.338 e. The minimum atomic E-state index is -0.602. The molecule has 0 unspecified atom stereocenters. The Labute approximate surface area is 173 Å². The molecule has 30 heavy (non-hydrogen) atoms. The van der Waals surface area contributed by atoms with E-state index >= 15 is 0 Å². The van der Waals surface area contributed by atoms with E-state index < -0.39 is 5.97 Å². The second-order valence-corrected chi connectivity index (χ2v) is 6.85. The molecule has 0 saturated heterocycles. The molecule has 0 fully saturated rings. The summed E-state index contributed by atoms with van der Waals surface area (Å²) in [5.41, 5.74) is 3.91. The van der Waals surface area contributed by atoms with Crippen LogP contribution in [0.25, 0.3) is 22.2 Å². The molecule has 146 valence electrons. The normalized spacial score (nSPS) is 10.5. The summed E-state index contributed by atoms with van der Waals surface area (Å²) in [5, 5.41) is 9.68. The molecule has 0 N–H and O–H groups in total. The van der Waals surface area contributed by atoms with Crippen LogP contribution < -0.4 is 0 Å². The lowest BCUT2D eigenvalue weighted by molar-refractivity contribution is 0.0475. The van der Waals surface area contributed by atoms with Gasteiger partial charge in [0.2, 0.25) is 5.78 Å². The number of ether oxygens (including phenoxy) is 1. The number of Topliss-reactive ketones (excluding diaryl/α,β-unsaturated/α-hetero) is 1. The van der Waals surface area contributed by atoms with Crippen LogP contribution in [0.1, 0.15) is 26.3 Å². The van der Waals surface area contributed by atoms with E-state index in [2.05, 4.69) is 0 Å². The molecule has 4 rings (SSSR count). The number of hydrogen-bond acceptors (Lipinski definition) is 4. The highest BCUT2D eigenvalue weighted by atomic mass is 16.5. The average molecular weight is 394 g/mol. The van der Waals surface area contributed by atoms with Gasteiger partial charge in [-0.2, -0.15) is 5.26 Å². The van der Waals surface area contributed by atoms with E-state index in [4.69, 9.17) is 10.00 Å². The lowest BCUT2D eigenvalue weighted by atomic mass is 10.0. The number of carbonyl (C=O) groups excluding carboxylic acids is 2. The van der Waals surface area contributed by atoms with Crippen molar-refractivity contribution in [3.63, 3.8) is 0 Å². The maximum atomic E-state index is 13.2. The largest absolute Gasteiger partial charge is 0.454 e. The third kappa shape index (κ3) is 3.47. The molecule has 0 bridgehead atoms. The monoisotopic (exact) mass is 394 g/mol. The first-order chi connectivity index (χ1) is 14.6. The molecule has 0 atom stereocenters. The number of ketones is 1. The standard InChI is InChI=1S/C25H18N2O3/c1-27-21-10-6-5-9-20(21)23(24(27)18-7-3-2-4-8-18)22(28)16-30-25(29)19-13-11-17(15-26)12-14-19/h2-14H,16H2,1H3. The molecule has 0 spiro atoms. The molecule has 4 aromatic rings. The summed E-state index contributed by atoms with van der Waals surface area (Å²) in [5.74, 6) is -0.873. The van der Waals surface area contributed by atoms with Gasteiger partial charge in [-0.15, -0.1) is 0 Å². The zero-order valence-corrected chi connectivity index (χ0v) is 16.3. The number of hydrogen-bond donors (Lipinski definition) is 0. The van der Waals surface area contributed by atoms with E-state index in [1.165, 1.54) is 24.3 Å². The zero-order valence-electron chi connectivity index (χ0n) is 16.3. The molecule has 5 nitrogen and oxygen atoms in total. The fourth-order valence-electron chi connectivity index (χ4n) is 3.58. The van der Waals surface area contributed by atoms with E-state index in [0.29, 0.717) is 16.7 Å². The van der Waals surface area contributed by atoms with Gasteiger partial charge in [0, 0.05) is 18.0 Å². The van der Waals surface area contributed by atoms with E-state index in [1.807, 2.05) is 72.3 Å². The van der Waals surface area contributed by atoms with Crippen molar-refractivity contribution in [2.75, 3.05) is 6.61 Å². The average Bonchev–Trinajstić information content (AvgIpc) is 3.10. The predicted molar refractivity (Wildman–Crippen MR) is 114 cm³/mol. The first-order valence-electron chi connectivity index (χ1n) is 9.43. The Morgan fingerprint density at radius 3 is 2.30 bits per heavy atom. The van der Waals surface area contributed by atoms with Gasteiger partial charge in [-0.25, -0.2) is 4.79 Å². The van der Waals surface area contributed by atoms with Gasteiger partial charge < -0.3 is 9.30 Å². The molecule has 3 aromatic carbocycles. The highest BCUT2D eigenvalue weighted by Crippen LogP contribution is 2.33. The minimum Gasteiger partial charge on any atom is -0.454 e. The van der Waals surface area contributed by atoms with Crippen molar-refractivity contribution in [2.45, 2.75) is 0 Å². The molecule has 0 radical (unpaired) electrons. The lowest BCUT2D eigenvalue weighted by Gasteiger charge is -2.09. The van der Waals surface area contributed by atoms with Gasteiger partial charge in [-0.05, 0) is 35.9 Å². The molecule has 0 amide bonds. The summed E-state index contributed by atoms with van der Waals surface area (Å²) in [6.45, 7) is -0.368. The van der Waals surface area contributed by atoms with Crippen LogP contribution in [0.5, 0.6) is 0 Å². The van der Waals surface area contributed by atoms with Gasteiger partial charge in [0.1, 0.15) is 0 Å². The minimum absolute atomic E-state index is 0.271. The predicted octanol–water partition coefficient (Wildman–Crippen LogP) is 4.76. The number of benzene rings is 3. The van der Waals surface area contributed by atoms with Crippen molar-refractivity contribution in [1.29, 1.82) is 5.26 Å². The molecule has 1 aromatic heterocycles. The molecular formula is C25H18N2O3. The number of fused-ring (bicyclic) bond motifs is 1. The first kappa shape index (κ1) is 19.2. The summed E-state index contributed by atoms with van der Waals surface area (Å²) in [4.78, 5) is 25.5. The molecule has 0 aliphatic heterocycles. The van der Waals surface area contributed by atoms with Crippen LogP contribution in [0.15, 0.2) is 78.9 Å². The summed E-state index contributed by atoms with van der Waals surface area (Å²) < 4.78 is 7.27. The van der Waals surface area contributed by atoms with Gasteiger partial charge >= 0.3 is 5.97 Å². The Hall–Kier alpha value is -4.17. The van der Waals surface area contributed by atoms with Crippen LogP contribution >= 0.6 is 0 Å². The van der Waals surface area contributed by atoms with Crippen LogP contribution in [0.4, 0.5) is 0 Å². The van der Waals surface area contributed by atoms with Crippen LogP contribution in [0.3, 0.4) is 0 Å². The molecule has 5 heteroatoms. The quantitative estimate of drug-likeness (QED) is 0.361. The zero-order chi connectivity index (χ0) is 21.1. The number of nitriles is 1. The number of aromatic nitrogens is 1. The van der Waals surface area contributed by atoms with Crippen LogP contribution in [0.2, 0.25) is 0 Å². The van der Waals surface area contributed by atoms with Crippen molar-refractivity contribution >= 4 is 22.7 Å². The van der Waals surface area contributed by atoms with Crippen molar-refractivity contribution in [3.8, 4) is 17.3 Å². The Bertz CT molecular complexity index is 1280. The first-order valence-corrected chi connectivity index (χ1v) is 9.43. The van der Waals surface area contributed by atoms with Crippen LogP contribution in [0, 0.1) is 11.3 Å². The van der Waals surface area contributed by atoms with Gasteiger partial charge in [0.15, 0.2) is 6.61 Å². The van der Waals surface area contributed by atoms with E-state index in [-0.39, 0.29) is 12.4 Å². The highest BCUT2D eigenvalue weighted by Gasteiger charge is 2.23. The van der Waals surface area contributed by atoms with E-state index in [1.54, 1.807) is 0 Å². The molecule has 0 saturated carbocycles. The second-order valence-electron chi connectivity index (χ2n) is 6.85. The molecule has 0 aliphatic rings. The fraction of sp³-hybridized carbons (Fsp3) is 0.0800. The van der Waals surface area contributed by atoms with Crippen molar-refractivity contribution < 1.29 is 14.3 Å². The third-order valence-corrected chi connectivity index (χ3v) is 5.02. The maximum absolute atomic E-state index is 13.2.